The van der Waals surface area contributed by atoms with Gasteiger partial charge in [0.05, 0.1) is 0 Å². The number of nitrogens with one attached hydrogen (secondary N) is 2. The summed E-state index contributed by atoms with van der Waals surface area (Å²) < 4.78 is 4.95. The number of nitrogens with zero attached hydrogens (tertiary/aromatic N) is 2. The summed E-state index contributed by atoms with van der Waals surface area (Å²) >= 11 is 0. The number of carbonyl (C=O) groups is 1. The molecule has 2 heterocycles. The van der Waals surface area contributed by atoms with Crippen LogP contribution in [0.1, 0.15) is 16.2 Å². The molecule has 6 nitrogen and oxygen atoms in total. The molecule has 1 amide bonds. The molecule has 0 aliphatic carbocycles. The predicted molar refractivity (Wildman–Crippen MR) is 71.3 cm³/mol. The third-order valence-corrected chi connectivity index (χ3v) is 2.30. The van der Waals surface area contributed by atoms with Crippen molar-refractivity contribution < 1.29 is 9.32 Å². The summed E-state index contributed by atoms with van der Waals surface area (Å²) in [5.41, 5.74) is 1.04. The lowest BCUT2D eigenvalue weighted by Crippen LogP contribution is -2.24. The minimum atomic E-state index is -0.250. The third-order valence-electron chi connectivity index (χ3n) is 2.30. The molecule has 0 atom stereocenters. The average molecular weight is 258 g/mol. The van der Waals surface area contributed by atoms with E-state index in [0.29, 0.717) is 29.5 Å². The minimum Gasteiger partial charge on any atom is -0.360 e. The van der Waals surface area contributed by atoms with Gasteiger partial charge in [-0.2, -0.15) is 0 Å². The van der Waals surface area contributed by atoms with Crippen LogP contribution in [0.5, 0.6) is 0 Å². The van der Waals surface area contributed by atoms with Gasteiger partial charge < -0.3 is 15.2 Å². The summed E-state index contributed by atoms with van der Waals surface area (Å²) in [5.74, 6) is 1.04. The number of aryl methyl sites for hydroxylation is 1. The average Bonchev–Trinajstić information content (AvgIpc) is 2.81. The first kappa shape index (κ1) is 12.8. The highest BCUT2D eigenvalue weighted by atomic mass is 16.5. The second kappa shape index (κ2) is 5.81. The fraction of sp³-hybridized carbons (Fsp3) is 0.154. The van der Waals surface area contributed by atoms with E-state index in [1.165, 1.54) is 0 Å². The van der Waals surface area contributed by atoms with Crippen LogP contribution in [0.2, 0.25) is 0 Å². The van der Waals surface area contributed by atoms with Gasteiger partial charge in [0, 0.05) is 24.5 Å². The molecule has 0 bridgehead atoms. The Labute approximate surface area is 110 Å². The van der Waals surface area contributed by atoms with Crippen LogP contribution >= 0.6 is 0 Å². The van der Waals surface area contributed by atoms with Crippen molar-refractivity contribution in [3.63, 3.8) is 0 Å². The smallest absolute Gasteiger partial charge is 0.270 e. The van der Waals surface area contributed by atoms with Gasteiger partial charge in [-0.1, -0.05) is 11.2 Å². The van der Waals surface area contributed by atoms with Crippen molar-refractivity contribution in [1.82, 2.24) is 15.5 Å². The molecule has 0 aromatic carbocycles. The van der Waals surface area contributed by atoms with Crippen LogP contribution in [0.15, 0.2) is 41.6 Å². The molecule has 6 heteroatoms. The van der Waals surface area contributed by atoms with Gasteiger partial charge in [0.2, 0.25) is 0 Å². The van der Waals surface area contributed by atoms with Gasteiger partial charge in [-0.15, -0.1) is 6.58 Å². The highest BCUT2D eigenvalue weighted by molar-refractivity contribution is 5.93. The van der Waals surface area contributed by atoms with Crippen LogP contribution in [-0.4, -0.2) is 22.6 Å². The molecule has 19 heavy (non-hydrogen) atoms. The number of rotatable bonds is 5. The number of amides is 1. The van der Waals surface area contributed by atoms with E-state index in [-0.39, 0.29) is 5.91 Å². The van der Waals surface area contributed by atoms with Crippen LogP contribution in [0.4, 0.5) is 11.5 Å². The monoisotopic (exact) mass is 258 g/mol. The van der Waals surface area contributed by atoms with Gasteiger partial charge in [0.25, 0.3) is 5.91 Å². The summed E-state index contributed by atoms with van der Waals surface area (Å²) in [5, 5.41) is 9.51. The first-order chi connectivity index (χ1) is 9.19. The highest BCUT2D eigenvalue weighted by Gasteiger charge is 2.07. The van der Waals surface area contributed by atoms with Crippen LogP contribution in [0.25, 0.3) is 0 Å². The second-order valence-electron chi connectivity index (χ2n) is 3.88. The van der Waals surface area contributed by atoms with E-state index in [9.17, 15) is 4.79 Å². The van der Waals surface area contributed by atoms with Gasteiger partial charge in [-0.3, -0.25) is 9.78 Å². The standard InChI is InChI=1S/C13H14N4O2/c1-3-5-15-13(18)11-8-10(4-6-14-11)16-12-7-9(2)19-17-12/h3-4,6-8H,1,5H2,2H3,(H,15,18)(H,14,16,17). The summed E-state index contributed by atoms with van der Waals surface area (Å²) in [6, 6.07) is 5.15. The van der Waals surface area contributed by atoms with Gasteiger partial charge in [-0.25, -0.2) is 0 Å². The predicted octanol–water partition coefficient (Wildman–Crippen LogP) is 2.04. The second-order valence-corrected chi connectivity index (χ2v) is 3.88. The molecule has 0 fully saturated rings. The number of carbonyl (C=O) groups excluding carboxylic acids is 1. The first-order valence-corrected chi connectivity index (χ1v) is 5.74. The van der Waals surface area contributed by atoms with Crippen molar-refractivity contribution >= 4 is 17.4 Å². The molecule has 2 rings (SSSR count). The molecule has 0 spiro atoms. The molecule has 0 saturated carbocycles. The molecular formula is C13H14N4O2. The van der Waals surface area contributed by atoms with E-state index >= 15 is 0 Å². The Balaban J connectivity index is 2.10. The van der Waals surface area contributed by atoms with E-state index in [0.717, 1.165) is 0 Å². The summed E-state index contributed by atoms with van der Waals surface area (Å²) in [6.45, 7) is 5.74. The van der Waals surface area contributed by atoms with Crippen LogP contribution in [-0.2, 0) is 0 Å². The zero-order valence-corrected chi connectivity index (χ0v) is 10.5. The third kappa shape index (κ3) is 3.41. The van der Waals surface area contributed by atoms with E-state index in [1.807, 2.05) is 0 Å². The molecule has 0 aliphatic rings. The van der Waals surface area contributed by atoms with Gasteiger partial charge >= 0.3 is 0 Å². The lowest BCUT2D eigenvalue weighted by atomic mass is 10.3. The molecule has 2 aromatic heterocycles. The Hall–Kier alpha value is -2.63. The summed E-state index contributed by atoms with van der Waals surface area (Å²) in [7, 11) is 0. The maximum Gasteiger partial charge on any atom is 0.270 e. The van der Waals surface area contributed by atoms with Crippen molar-refractivity contribution in [3.05, 3.63) is 48.5 Å². The Morgan fingerprint density at radius 3 is 3.05 bits per heavy atom. The molecule has 0 saturated heterocycles. The molecule has 0 radical (unpaired) electrons. The van der Waals surface area contributed by atoms with Crippen molar-refractivity contribution in [2.24, 2.45) is 0 Å². The van der Waals surface area contributed by atoms with E-state index in [4.69, 9.17) is 4.52 Å². The fourth-order valence-electron chi connectivity index (χ4n) is 1.46. The van der Waals surface area contributed by atoms with Gasteiger partial charge in [0.1, 0.15) is 11.5 Å². The number of aromatic nitrogens is 2. The maximum absolute atomic E-state index is 11.7. The van der Waals surface area contributed by atoms with Crippen LogP contribution < -0.4 is 10.6 Å². The Kier molecular flexibility index (Phi) is 3.92. The van der Waals surface area contributed by atoms with Crippen LogP contribution in [0, 0.1) is 6.92 Å². The largest absolute Gasteiger partial charge is 0.360 e. The zero-order chi connectivity index (χ0) is 13.7. The van der Waals surface area contributed by atoms with E-state index in [1.54, 1.807) is 37.4 Å². The first-order valence-electron chi connectivity index (χ1n) is 5.74. The summed E-state index contributed by atoms with van der Waals surface area (Å²) in [6.07, 6.45) is 3.16. The lowest BCUT2D eigenvalue weighted by molar-refractivity contribution is 0.0953. The fourth-order valence-corrected chi connectivity index (χ4v) is 1.46. The topological polar surface area (TPSA) is 80.0 Å². The number of pyridine rings is 1. The van der Waals surface area contributed by atoms with Gasteiger partial charge in [0.15, 0.2) is 5.82 Å². The Morgan fingerprint density at radius 2 is 2.37 bits per heavy atom. The molecule has 2 aromatic rings. The molecule has 0 aliphatic heterocycles. The SMILES string of the molecule is C=CCNC(=O)c1cc(Nc2cc(C)on2)ccn1. The van der Waals surface area contributed by atoms with Gasteiger partial charge in [-0.05, 0) is 19.1 Å². The lowest BCUT2D eigenvalue weighted by Gasteiger charge is -2.05. The number of hydrogen-bond acceptors (Lipinski definition) is 5. The van der Waals surface area contributed by atoms with Crippen molar-refractivity contribution in [1.29, 1.82) is 0 Å². The number of anilines is 2. The summed E-state index contributed by atoms with van der Waals surface area (Å²) in [4.78, 5) is 15.7. The quantitative estimate of drug-likeness (QED) is 0.802. The Bertz CT molecular complexity index is 592. The molecule has 2 N–H and O–H groups in total. The highest BCUT2D eigenvalue weighted by Crippen LogP contribution is 2.16. The van der Waals surface area contributed by atoms with Crippen molar-refractivity contribution in [2.75, 3.05) is 11.9 Å². The minimum absolute atomic E-state index is 0.250. The maximum atomic E-state index is 11.7. The Morgan fingerprint density at radius 1 is 1.53 bits per heavy atom. The molecule has 0 unspecified atom stereocenters. The van der Waals surface area contributed by atoms with E-state index in [2.05, 4.69) is 27.4 Å². The van der Waals surface area contributed by atoms with E-state index < -0.39 is 0 Å². The van der Waals surface area contributed by atoms with Crippen molar-refractivity contribution in [3.8, 4) is 0 Å². The number of hydrogen-bond donors (Lipinski definition) is 2. The van der Waals surface area contributed by atoms with Crippen LogP contribution in [0.3, 0.4) is 0 Å². The molecule has 98 valence electrons. The normalized spacial score (nSPS) is 9.95. The zero-order valence-electron chi connectivity index (χ0n) is 10.5. The van der Waals surface area contributed by atoms with Crippen molar-refractivity contribution in [2.45, 2.75) is 6.92 Å². The molecular weight excluding hydrogens is 244 g/mol.